The highest BCUT2D eigenvalue weighted by atomic mass is 14.5. The zero-order valence-electron chi connectivity index (χ0n) is 20.3. The summed E-state index contributed by atoms with van der Waals surface area (Å²) >= 11 is 0. The summed E-state index contributed by atoms with van der Waals surface area (Å²) in [4.78, 5) is 0. The maximum absolute atomic E-state index is 2.41. The van der Waals surface area contributed by atoms with Crippen LogP contribution in [0.3, 0.4) is 0 Å². The Hall–Kier alpha value is -0.780. The first-order valence-electron chi connectivity index (χ1n) is 10.3. The lowest BCUT2D eigenvalue weighted by Crippen LogP contribution is -2.46. The second-order valence-electron chi connectivity index (χ2n) is 12.6. The Balaban J connectivity index is 3.37. The van der Waals surface area contributed by atoms with Gasteiger partial charge in [0.05, 0.1) is 0 Å². The molecule has 0 heterocycles. The van der Waals surface area contributed by atoms with Crippen molar-refractivity contribution in [2.24, 2.45) is 21.7 Å². The van der Waals surface area contributed by atoms with Gasteiger partial charge in [0.25, 0.3) is 0 Å². The van der Waals surface area contributed by atoms with Gasteiger partial charge in [0.1, 0.15) is 0 Å². The molecule has 1 aromatic rings. The second kappa shape index (κ2) is 6.39. The van der Waals surface area contributed by atoms with Crippen molar-refractivity contribution in [3.05, 3.63) is 35.4 Å². The summed E-state index contributed by atoms with van der Waals surface area (Å²) in [7, 11) is 0. The molecule has 0 amide bonds. The molecule has 0 radical (unpaired) electrons. The van der Waals surface area contributed by atoms with Crippen LogP contribution in [0.25, 0.3) is 0 Å². The van der Waals surface area contributed by atoms with Crippen LogP contribution in [0.5, 0.6) is 0 Å². The van der Waals surface area contributed by atoms with E-state index < -0.39 is 0 Å². The van der Waals surface area contributed by atoms with Gasteiger partial charge >= 0.3 is 0 Å². The molecule has 0 spiro atoms. The molecule has 26 heavy (non-hydrogen) atoms. The molecule has 0 aliphatic carbocycles. The molecule has 0 heteroatoms. The lowest BCUT2D eigenvalue weighted by Gasteiger charge is -2.52. The Bertz CT molecular complexity index is 550. The summed E-state index contributed by atoms with van der Waals surface area (Å²) in [5, 5.41) is 0. The van der Waals surface area contributed by atoms with Crippen LogP contribution < -0.4 is 0 Å². The molecule has 0 fully saturated rings. The van der Waals surface area contributed by atoms with Crippen LogP contribution in [-0.2, 0) is 10.8 Å². The molecule has 1 rings (SSSR count). The maximum Gasteiger partial charge on any atom is -0.00474 e. The van der Waals surface area contributed by atoms with Crippen molar-refractivity contribution in [2.75, 3.05) is 0 Å². The van der Waals surface area contributed by atoms with Gasteiger partial charge in [-0.25, -0.2) is 0 Å². The maximum atomic E-state index is 2.41. The Morgan fingerprint density at radius 3 is 0.731 bits per heavy atom. The van der Waals surface area contributed by atoms with Gasteiger partial charge in [0.15, 0.2) is 0 Å². The average Bonchev–Trinajstić information content (AvgIpc) is 2.44. The zero-order valence-corrected chi connectivity index (χ0v) is 20.3. The van der Waals surface area contributed by atoms with Crippen LogP contribution in [0, 0.1) is 21.7 Å². The quantitative estimate of drug-likeness (QED) is 0.507. The smallest absolute Gasteiger partial charge is 0.00474 e. The number of hydrogen-bond donors (Lipinski definition) is 0. The van der Waals surface area contributed by atoms with Crippen LogP contribution >= 0.6 is 0 Å². The molecule has 0 N–H and O–H groups in total. The summed E-state index contributed by atoms with van der Waals surface area (Å²) in [6.07, 6.45) is 0. The number of hydrogen-bond acceptors (Lipinski definition) is 0. The Kier molecular flexibility index (Phi) is 5.71. The lowest BCUT2D eigenvalue weighted by atomic mass is 9.52. The summed E-state index contributed by atoms with van der Waals surface area (Å²) in [6, 6.07) is 9.51. The van der Waals surface area contributed by atoms with Gasteiger partial charge in [-0.1, -0.05) is 121 Å². The molecule has 150 valence electrons. The first-order chi connectivity index (χ1) is 11.2. The van der Waals surface area contributed by atoms with Crippen LogP contribution in [0.2, 0.25) is 0 Å². The van der Waals surface area contributed by atoms with E-state index in [4.69, 9.17) is 0 Å². The zero-order chi connectivity index (χ0) is 21.0. The van der Waals surface area contributed by atoms with E-state index in [9.17, 15) is 0 Å². The van der Waals surface area contributed by atoms with Gasteiger partial charge < -0.3 is 0 Å². The second-order valence-corrected chi connectivity index (χ2v) is 12.6. The minimum Gasteiger partial charge on any atom is -0.0596 e. The van der Waals surface area contributed by atoms with E-state index in [-0.39, 0.29) is 32.5 Å². The third-order valence-electron chi connectivity index (χ3n) is 9.20. The Labute approximate surface area is 165 Å². The van der Waals surface area contributed by atoms with E-state index in [1.165, 1.54) is 11.1 Å². The van der Waals surface area contributed by atoms with E-state index in [1.807, 2.05) is 0 Å². The molecule has 0 unspecified atom stereocenters. The van der Waals surface area contributed by atoms with E-state index in [1.54, 1.807) is 0 Å². The monoisotopic (exact) mass is 358 g/mol. The van der Waals surface area contributed by atoms with Crippen LogP contribution in [-0.4, -0.2) is 0 Å². The van der Waals surface area contributed by atoms with Crippen molar-refractivity contribution in [2.45, 2.75) is 108 Å². The highest BCUT2D eigenvalue weighted by molar-refractivity contribution is 5.35. The molecule has 0 aliphatic heterocycles. The summed E-state index contributed by atoms with van der Waals surface area (Å²) in [5.74, 6) is 0. The first kappa shape index (κ1) is 23.3. The predicted octanol–water partition coefficient (Wildman–Crippen LogP) is 8.39. The number of rotatable bonds is 4. The van der Waals surface area contributed by atoms with Crippen LogP contribution in [0.4, 0.5) is 0 Å². The molecule has 0 aromatic heterocycles. The first-order valence-corrected chi connectivity index (χ1v) is 10.3. The number of benzene rings is 1. The normalized spacial score (nSPS) is 15.3. The summed E-state index contributed by atoms with van der Waals surface area (Å²) in [5.41, 5.74) is 3.92. The third-order valence-corrected chi connectivity index (χ3v) is 9.20. The highest BCUT2D eigenvalue weighted by Crippen LogP contribution is 2.54. The van der Waals surface area contributed by atoms with Crippen LogP contribution in [0.15, 0.2) is 24.3 Å². The van der Waals surface area contributed by atoms with Crippen molar-refractivity contribution in [3.63, 3.8) is 0 Å². The largest absolute Gasteiger partial charge is 0.0596 e. The SMILES string of the molecule is CC(C)(C)C(C)(C)C(C)(C)c1ccc(C(C)(C)C(C)(C)C(C)(C)C)cc1. The van der Waals surface area contributed by atoms with Gasteiger partial charge in [-0.2, -0.15) is 0 Å². The molecular weight excluding hydrogens is 312 g/mol. The van der Waals surface area contributed by atoms with Crippen molar-refractivity contribution in [1.29, 1.82) is 0 Å². The molecule has 0 atom stereocenters. The minimum absolute atomic E-state index is 0.105. The fraction of sp³-hybridized carbons (Fsp3) is 0.769. The van der Waals surface area contributed by atoms with E-state index in [2.05, 4.69) is 121 Å². The van der Waals surface area contributed by atoms with Gasteiger partial charge in [0, 0.05) is 0 Å². The minimum atomic E-state index is 0.105. The van der Waals surface area contributed by atoms with Gasteiger partial charge in [-0.15, -0.1) is 0 Å². The molecule has 1 aromatic carbocycles. The third kappa shape index (κ3) is 3.50. The molecule has 0 nitrogen and oxygen atoms in total. The average molecular weight is 359 g/mol. The van der Waals surface area contributed by atoms with Gasteiger partial charge in [-0.05, 0) is 43.6 Å². The van der Waals surface area contributed by atoms with E-state index >= 15 is 0 Å². The van der Waals surface area contributed by atoms with E-state index in [0.717, 1.165) is 0 Å². The lowest BCUT2D eigenvalue weighted by molar-refractivity contribution is 0.0436. The molecular formula is C26H46. The fourth-order valence-electron chi connectivity index (χ4n) is 3.90. The highest BCUT2D eigenvalue weighted by Gasteiger charge is 2.48. The van der Waals surface area contributed by atoms with Crippen molar-refractivity contribution >= 4 is 0 Å². The Morgan fingerprint density at radius 1 is 0.385 bits per heavy atom. The van der Waals surface area contributed by atoms with Crippen molar-refractivity contribution in [3.8, 4) is 0 Å². The van der Waals surface area contributed by atoms with E-state index in [0.29, 0.717) is 0 Å². The van der Waals surface area contributed by atoms with Crippen molar-refractivity contribution < 1.29 is 0 Å². The van der Waals surface area contributed by atoms with Gasteiger partial charge in [-0.3, -0.25) is 0 Å². The fourth-order valence-corrected chi connectivity index (χ4v) is 3.90. The summed E-state index contributed by atoms with van der Waals surface area (Å²) < 4.78 is 0. The molecule has 0 aliphatic rings. The molecule has 0 saturated carbocycles. The predicted molar refractivity (Wildman–Crippen MR) is 119 cm³/mol. The summed E-state index contributed by atoms with van der Waals surface area (Å²) in [6.45, 7) is 33.4. The molecule has 0 bridgehead atoms. The van der Waals surface area contributed by atoms with Crippen molar-refractivity contribution in [1.82, 2.24) is 0 Å². The van der Waals surface area contributed by atoms with Crippen LogP contribution in [0.1, 0.15) is 108 Å². The topological polar surface area (TPSA) is 0 Å². The Morgan fingerprint density at radius 2 is 0.577 bits per heavy atom. The standard InChI is InChI=1S/C26H46/c1-21(2,3)25(11,12)23(7,8)19-15-17-20(18-16-19)24(9,10)26(13,14)22(4,5)6/h15-18H,1-14H3. The van der Waals surface area contributed by atoms with Gasteiger partial charge in [0.2, 0.25) is 0 Å². The molecule has 0 saturated heterocycles.